The molecule has 0 aliphatic heterocycles. The van der Waals surface area contributed by atoms with Crippen LogP contribution < -0.4 is 21.3 Å². The molecule has 0 aromatic heterocycles. The average molecular weight is 360 g/mol. The Labute approximate surface area is 157 Å². The number of nitrogens with one attached hydrogen (secondary N) is 4. The van der Waals surface area contributed by atoms with Crippen LogP contribution in [-0.4, -0.2) is 12.1 Å². The number of hydrogen-bond donors (Lipinski definition) is 4. The Hall–Kier alpha value is -3.80. The number of anilines is 2. The fraction of sp³-hybridized carbons (Fsp3) is 0.0476. The van der Waals surface area contributed by atoms with E-state index in [4.69, 9.17) is 0 Å². The van der Waals surface area contributed by atoms with E-state index < -0.39 is 18.2 Å². The third kappa shape index (κ3) is 5.61. The highest BCUT2D eigenvalue weighted by molar-refractivity contribution is 5.91. The molecule has 3 rings (SSSR count). The van der Waals surface area contributed by atoms with Crippen LogP contribution >= 0.6 is 0 Å². The van der Waals surface area contributed by atoms with Crippen LogP contribution in [0.5, 0.6) is 0 Å². The van der Waals surface area contributed by atoms with Crippen molar-refractivity contribution in [2.45, 2.75) is 6.17 Å². The van der Waals surface area contributed by atoms with Crippen molar-refractivity contribution in [3.8, 4) is 0 Å². The van der Waals surface area contributed by atoms with Crippen molar-refractivity contribution in [3.05, 3.63) is 96.6 Å². The third-order valence-electron chi connectivity index (χ3n) is 3.75. The topological polar surface area (TPSA) is 82.3 Å². The molecule has 6 nitrogen and oxygen atoms in total. The molecule has 0 saturated heterocycles. The molecule has 0 aliphatic carbocycles. The van der Waals surface area contributed by atoms with E-state index in [0.717, 1.165) is 5.56 Å². The summed E-state index contributed by atoms with van der Waals surface area (Å²) in [7, 11) is 0. The van der Waals surface area contributed by atoms with Crippen molar-refractivity contribution in [1.29, 1.82) is 0 Å². The first kappa shape index (κ1) is 18.0. The van der Waals surface area contributed by atoms with Crippen LogP contribution in [0, 0.1) is 0 Å². The van der Waals surface area contributed by atoms with Crippen LogP contribution in [0.1, 0.15) is 11.7 Å². The summed E-state index contributed by atoms with van der Waals surface area (Å²) in [4.78, 5) is 24.7. The van der Waals surface area contributed by atoms with Gasteiger partial charge in [-0.2, -0.15) is 0 Å². The zero-order valence-electron chi connectivity index (χ0n) is 14.6. The van der Waals surface area contributed by atoms with Gasteiger partial charge in [0.2, 0.25) is 0 Å². The smallest absolute Gasteiger partial charge is 0.314 e. The summed E-state index contributed by atoms with van der Waals surface area (Å²) >= 11 is 0. The van der Waals surface area contributed by atoms with E-state index in [9.17, 15) is 9.59 Å². The number of carbonyl (C=O) groups is 2. The van der Waals surface area contributed by atoms with Crippen molar-refractivity contribution in [2.75, 3.05) is 10.6 Å². The maximum atomic E-state index is 12.3. The monoisotopic (exact) mass is 360 g/mol. The minimum absolute atomic E-state index is 0.421. The van der Waals surface area contributed by atoms with Gasteiger partial charge < -0.3 is 21.3 Å². The highest BCUT2D eigenvalue weighted by Crippen LogP contribution is 2.12. The zero-order chi connectivity index (χ0) is 18.9. The minimum atomic E-state index is -0.696. The molecule has 0 atom stereocenters. The second-order valence-corrected chi connectivity index (χ2v) is 5.77. The molecule has 3 aromatic rings. The fourth-order valence-corrected chi connectivity index (χ4v) is 2.49. The van der Waals surface area contributed by atoms with Gasteiger partial charge in [0, 0.05) is 11.4 Å². The summed E-state index contributed by atoms with van der Waals surface area (Å²) in [6.07, 6.45) is -0.696. The molecule has 0 spiro atoms. The maximum Gasteiger partial charge on any atom is 0.321 e. The summed E-state index contributed by atoms with van der Waals surface area (Å²) in [5, 5.41) is 11.0. The molecule has 6 heteroatoms. The molecule has 0 bridgehead atoms. The number of para-hydroxylation sites is 2. The van der Waals surface area contributed by atoms with E-state index >= 15 is 0 Å². The molecule has 0 aliphatic rings. The maximum absolute atomic E-state index is 12.3. The summed E-state index contributed by atoms with van der Waals surface area (Å²) in [6, 6.07) is 26.6. The second-order valence-electron chi connectivity index (χ2n) is 5.77. The lowest BCUT2D eigenvalue weighted by Crippen LogP contribution is -2.44. The Morgan fingerprint density at radius 2 is 0.926 bits per heavy atom. The number of hydrogen-bond acceptors (Lipinski definition) is 2. The van der Waals surface area contributed by atoms with E-state index in [0.29, 0.717) is 11.4 Å². The number of benzene rings is 3. The summed E-state index contributed by atoms with van der Waals surface area (Å²) in [5.41, 5.74) is 2.08. The Bertz CT molecular complexity index is 815. The van der Waals surface area contributed by atoms with E-state index in [1.165, 1.54) is 0 Å². The Balaban J connectivity index is 1.67. The van der Waals surface area contributed by atoms with Crippen molar-refractivity contribution in [2.24, 2.45) is 0 Å². The van der Waals surface area contributed by atoms with Crippen LogP contribution in [0.3, 0.4) is 0 Å². The minimum Gasteiger partial charge on any atom is -0.314 e. The number of amides is 4. The summed E-state index contributed by atoms with van der Waals surface area (Å²) in [6.45, 7) is 0. The Morgan fingerprint density at radius 1 is 0.556 bits per heavy atom. The van der Waals surface area contributed by atoms with Gasteiger partial charge in [-0.15, -0.1) is 0 Å². The quantitative estimate of drug-likeness (QED) is 0.511. The lowest BCUT2D eigenvalue weighted by atomic mass is 10.2. The summed E-state index contributed by atoms with van der Waals surface area (Å²) < 4.78 is 0. The van der Waals surface area contributed by atoms with Gasteiger partial charge in [-0.25, -0.2) is 9.59 Å². The van der Waals surface area contributed by atoms with E-state index in [2.05, 4.69) is 21.3 Å². The van der Waals surface area contributed by atoms with E-state index in [-0.39, 0.29) is 0 Å². The van der Waals surface area contributed by atoms with Crippen molar-refractivity contribution in [3.63, 3.8) is 0 Å². The first-order valence-electron chi connectivity index (χ1n) is 8.51. The molecule has 0 fully saturated rings. The number of carbonyl (C=O) groups excluding carboxylic acids is 2. The molecule has 4 amide bonds. The largest absolute Gasteiger partial charge is 0.321 e. The van der Waals surface area contributed by atoms with Crippen molar-refractivity contribution >= 4 is 23.4 Å². The number of rotatable bonds is 5. The molecule has 27 heavy (non-hydrogen) atoms. The predicted octanol–water partition coefficient (Wildman–Crippen LogP) is 4.33. The first-order valence-corrected chi connectivity index (χ1v) is 8.51. The molecule has 0 unspecified atom stereocenters. The van der Waals surface area contributed by atoms with Crippen LogP contribution in [-0.2, 0) is 0 Å². The zero-order valence-corrected chi connectivity index (χ0v) is 14.6. The highest BCUT2D eigenvalue weighted by atomic mass is 16.2. The molecular formula is C21H20N4O2. The highest BCUT2D eigenvalue weighted by Gasteiger charge is 2.17. The second kappa shape index (κ2) is 9.05. The van der Waals surface area contributed by atoms with E-state index in [1.54, 1.807) is 24.3 Å². The van der Waals surface area contributed by atoms with E-state index in [1.807, 2.05) is 66.7 Å². The van der Waals surface area contributed by atoms with Crippen molar-refractivity contribution in [1.82, 2.24) is 10.6 Å². The lowest BCUT2D eigenvalue weighted by Gasteiger charge is -2.21. The van der Waals surface area contributed by atoms with Gasteiger partial charge >= 0.3 is 12.1 Å². The predicted molar refractivity (Wildman–Crippen MR) is 106 cm³/mol. The lowest BCUT2D eigenvalue weighted by molar-refractivity contribution is 0.238. The van der Waals surface area contributed by atoms with Crippen molar-refractivity contribution < 1.29 is 9.59 Å². The number of urea groups is 2. The molecular weight excluding hydrogens is 340 g/mol. The molecule has 3 aromatic carbocycles. The standard InChI is InChI=1S/C21H20N4O2/c26-20(22-17-12-6-2-7-13-17)24-19(16-10-4-1-5-11-16)25-21(27)23-18-14-8-3-9-15-18/h1-15,19H,(H2,22,24,26)(H2,23,25,27). The van der Waals surface area contributed by atoms with Crippen LogP contribution in [0.15, 0.2) is 91.0 Å². The summed E-state index contributed by atoms with van der Waals surface area (Å²) in [5.74, 6) is 0. The van der Waals surface area contributed by atoms with Gasteiger partial charge in [0.15, 0.2) is 0 Å². The molecule has 0 heterocycles. The van der Waals surface area contributed by atoms with Crippen LogP contribution in [0.4, 0.5) is 21.0 Å². The van der Waals surface area contributed by atoms with Gasteiger partial charge in [-0.1, -0.05) is 66.7 Å². The molecule has 0 saturated carbocycles. The SMILES string of the molecule is O=C(Nc1ccccc1)NC(NC(=O)Nc1ccccc1)c1ccccc1. The van der Waals surface area contributed by atoms with Gasteiger partial charge in [-0.05, 0) is 29.8 Å². The Kier molecular flexibility index (Phi) is 6.04. The average Bonchev–Trinajstić information content (AvgIpc) is 2.69. The molecule has 0 radical (unpaired) electrons. The van der Waals surface area contributed by atoms with Gasteiger partial charge in [0.05, 0.1) is 0 Å². The van der Waals surface area contributed by atoms with Gasteiger partial charge in [-0.3, -0.25) is 0 Å². The molecule has 136 valence electrons. The van der Waals surface area contributed by atoms with Gasteiger partial charge in [0.1, 0.15) is 6.17 Å². The normalized spacial score (nSPS) is 10.1. The Morgan fingerprint density at radius 3 is 1.33 bits per heavy atom. The van der Waals surface area contributed by atoms with Crippen LogP contribution in [0.25, 0.3) is 0 Å². The van der Waals surface area contributed by atoms with Crippen LogP contribution in [0.2, 0.25) is 0 Å². The first-order chi connectivity index (χ1) is 13.2. The van der Waals surface area contributed by atoms with Gasteiger partial charge in [0.25, 0.3) is 0 Å². The fourth-order valence-electron chi connectivity index (χ4n) is 2.49. The molecule has 4 N–H and O–H groups in total. The third-order valence-corrected chi connectivity index (χ3v) is 3.75.